The molecule has 0 aliphatic heterocycles. The van der Waals surface area contributed by atoms with Gasteiger partial charge in [-0.05, 0) is 48.4 Å². The highest BCUT2D eigenvalue weighted by atomic mass is 35.5. The van der Waals surface area contributed by atoms with Crippen molar-refractivity contribution in [1.82, 2.24) is 0 Å². The molecular formula is C17H19Cl2NO2. The van der Waals surface area contributed by atoms with Crippen LogP contribution in [0.1, 0.15) is 18.9 Å². The fraction of sp³-hybridized carbons (Fsp3) is 0.294. The second-order valence-electron chi connectivity index (χ2n) is 4.82. The van der Waals surface area contributed by atoms with Crippen molar-refractivity contribution in [2.45, 2.75) is 19.9 Å². The number of benzene rings is 2. The third kappa shape index (κ3) is 4.46. The Morgan fingerprint density at radius 1 is 1.09 bits per heavy atom. The van der Waals surface area contributed by atoms with Crippen molar-refractivity contribution >= 4 is 28.9 Å². The van der Waals surface area contributed by atoms with Crippen LogP contribution in [-0.2, 0) is 6.54 Å². The average Bonchev–Trinajstić information content (AvgIpc) is 2.53. The molecule has 0 aromatic heterocycles. The molecule has 0 saturated carbocycles. The summed E-state index contributed by atoms with van der Waals surface area (Å²) in [4.78, 5) is 0. The number of methoxy groups -OCH3 is 1. The first-order valence-corrected chi connectivity index (χ1v) is 7.88. The highest BCUT2D eigenvalue weighted by molar-refractivity contribution is 6.32. The Morgan fingerprint density at radius 2 is 1.82 bits per heavy atom. The Morgan fingerprint density at radius 3 is 2.45 bits per heavy atom. The molecular weight excluding hydrogens is 321 g/mol. The van der Waals surface area contributed by atoms with Gasteiger partial charge in [0.15, 0.2) is 11.5 Å². The van der Waals surface area contributed by atoms with E-state index >= 15 is 0 Å². The minimum atomic E-state index is 0.556. The van der Waals surface area contributed by atoms with Gasteiger partial charge in [0.1, 0.15) is 0 Å². The van der Waals surface area contributed by atoms with Crippen LogP contribution in [0.5, 0.6) is 11.5 Å². The van der Waals surface area contributed by atoms with Crippen LogP contribution in [0, 0.1) is 0 Å². The van der Waals surface area contributed by atoms with Gasteiger partial charge in [0.2, 0.25) is 0 Å². The Bertz CT molecular complexity index is 615. The molecule has 0 unspecified atom stereocenters. The molecule has 2 aromatic rings. The normalized spacial score (nSPS) is 10.4. The lowest BCUT2D eigenvalue weighted by atomic mass is 10.2. The maximum Gasteiger partial charge on any atom is 0.179 e. The average molecular weight is 340 g/mol. The van der Waals surface area contributed by atoms with Crippen LogP contribution in [0.2, 0.25) is 10.0 Å². The van der Waals surface area contributed by atoms with E-state index in [1.165, 1.54) is 0 Å². The highest BCUT2D eigenvalue weighted by Gasteiger charge is 2.11. The Labute approximate surface area is 141 Å². The van der Waals surface area contributed by atoms with E-state index in [-0.39, 0.29) is 0 Å². The molecule has 0 saturated heterocycles. The summed E-state index contributed by atoms with van der Waals surface area (Å²) in [7, 11) is 1.61. The van der Waals surface area contributed by atoms with Crippen LogP contribution in [0.3, 0.4) is 0 Å². The van der Waals surface area contributed by atoms with Crippen molar-refractivity contribution in [3.8, 4) is 11.5 Å². The lowest BCUT2D eigenvalue weighted by molar-refractivity contribution is 0.294. The van der Waals surface area contributed by atoms with Gasteiger partial charge in [0, 0.05) is 17.3 Å². The summed E-state index contributed by atoms with van der Waals surface area (Å²) in [5, 5.41) is 4.59. The van der Waals surface area contributed by atoms with Crippen molar-refractivity contribution in [2.24, 2.45) is 0 Å². The van der Waals surface area contributed by atoms with Crippen LogP contribution >= 0.6 is 23.2 Å². The summed E-state index contributed by atoms with van der Waals surface area (Å²) >= 11 is 12.2. The van der Waals surface area contributed by atoms with E-state index in [0.717, 1.165) is 17.7 Å². The standard InChI is InChI=1S/C17H19Cl2NO2/c1-3-8-22-17-15(19)9-12(10-16(17)21-2)11-20-14-6-4-13(18)5-7-14/h4-7,9-10,20H,3,8,11H2,1-2H3. The molecule has 0 aliphatic rings. The summed E-state index contributed by atoms with van der Waals surface area (Å²) in [6.45, 7) is 3.29. The third-order valence-electron chi connectivity index (χ3n) is 3.08. The van der Waals surface area contributed by atoms with Gasteiger partial charge in [-0.1, -0.05) is 30.1 Å². The zero-order chi connectivity index (χ0) is 15.9. The van der Waals surface area contributed by atoms with E-state index < -0.39 is 0 Å². The Balaban J connectivity index is 2.11. The maximum atomic E-state index is 6.30. The van der Waals surface area contributed by atoms with E-state index in [4.69, 9.17) is 32.7 Å². The van der Waals surface area contributed by atoms with E-state index in [0.29, 0.717) is 34.7 Å². The van der Waals surface area contributed by atoms with Crippen molar-refractivity contribution in [3.05, 3.63) is 52.0 Å². The first-order valence-electron chi connectivity index (χ1n) is 7.12. The van der Waals surface area contributed by atoms with Crippen LogP contribution in [0.15, 0.2) is 36.4 Å². The molecule has 0 fully saturated rings. The van der Waals surface area contributed by atoms with E-state index in [9.17, 15) is 0 Å². The van der Waals surface area contributed by atoms with Gasteiger partial charge >= 0.3 is 0 Å². The van der Waals surface area contributed by atoms with Crippen molar-refractivity contribution in [1.29, 1.82) is 0 Å². The molecule has 0 aliphatic carbocycles. The molecule has 118 valence electrons. The van der Waals surface area contributed by atoms with Gasteiger partial charge in [-0.25, -0.2) is 0 Å². The number of nitrogens with one attached hydrogen (secondary N) is 1. The van der Waals surface area contributed by atoms with E-state index in [1.807, 2.05) is 43.3 Å². The van der Waals surface area contributed by atoms with Gasteiger partial charge < -0.3 is 14.8 Å². The van der Waals surface area contributed by atoms with Crippen molar-refractivity contribution in [3.63, 3.8) is 0 Å². The second-order valence-corrected chi connectivity index (χ2v) is 5.66. The lowest BCUT2D eigenvalue weighted by Crippen LogP contribution is -2.02. The van der Waals surface area contributed by atoms with Gasteiger partial charge in [-0.3, -0.25) is 0 Å². The Kier molecular flexibility index (Phi) is 6.22. The van der Waals surface area contributed by atoms with Gasteiger partial charge in [0.25, 0.3) is 0 Å². The van der Waals surface area contributed by atoms with Crippen molar-refractivity contribution in [2.75, 3.05) is 19.0 Å². The lowest BCUT2D eigenvalue weighted by Gasteiger charge is -2.14. The fourth-order valence-corrected chi connectivity index (χ4v) is 2.41. The minimum Gasteiger partial charge on any atom is -0.493 e. The van der Waals surface area contributed by atoms with Gasteiger partial charge in [-0.2, -0.15) is 0 Å². The predicted molar refractivity (Wildman–Crippen MR) is 92.6 cm³/mol. The molecule has 0 bridgehead atoms. The number of hydrogen-bond acceptors (Lipinski definition) is 3. The molecule has 0 spiro atoms. The smallest absolute Gasteiger partial charge is 0.179 e. The number of hydrogen-bond donors (Lipinski definition) is 1. The molecule has 22 heavy (non-hydrogen) atoms. The number of anilines is 1. The zero-order valence-electron chi connectivity index (χ0n) is 12.7. The third-order valence-corrected chi connectivity index (χ3v) is 3.61. The van der Waals surface area contributed by atoms with Gasteiger partial charge in [-0.15, -0.1) is 0 Å². The van der Waals surface area contributed by atoms with Crippen LogP contribution in [0.25, 0.3) is 0 Å². The van der Waals surface area contributed by atoms with Crippen LogP contribution < -0.4 is 14.8 Å². The monoisotopic (exact) mass is 339 g/mol. The first-order chi connectivity index (χ1) is 10.6. The summed E-state index contributed by atoms with van der Waals surface area (Å²) in [6.07, 6.45) is 0.916. The Hall–Kier alpha value is -1.58. The highest BCUT2D eigenvalue weighted by Crippen LogP contribution is 2.36. The number of halogens is 2. The van der Waals surface area contributed by atoms with Crippen LogP contribution in [-0.4, -0.2) is 13.7 Å². The molecule has 0 heterocycles. The molecule has 0 amide bonds. The number of ether oxygens (including phenoxy) is 2. The topological polar surface area (TPSA) is 30.5 Å². The molecule has 2 rings (SSSR count). The van der Waals surface area contributed by atoms with Crippen LogP contribution in [0.4, 0.5) is 5.69 Å². The zero-order valence-corrected chi connectivity index (χ0v) is 14.2. The second kappa shape index (κ2) is 8.16. The molecule has 1 N–H and O–H groups in total. The van der Waals surface area contributed by atoms with E-state index in [1.54, 1.807) is 7.11 Å². The molecule has 5 heteroatoms. The SMILES string of the molecule is CCCOc1c(Cl)cc(CNc2ccc(Cl)cc2)cc1OC. The predicted octanol–water partition coefficient (Wildman–Crippen LogP) is 5.40. The summed E-state index contributed by atoms with van der Waals surface area (Å²) < 4.78 is 11.0. The largest absolute Gasteiger partial charge is 0.493 e. The van der Waals surface area contributed by atoms with E-state index in [2.05, 4.69) is 5.32 Å². The van der Waals surface area contributed by atoms with Gasteiger partial charge in [0.05, 0.1) is 18.7 Å². The maximum absolute atomic E-state index is 6.30. The molecule has 3 nitrogen and oxygen atoms in total. The quantitative estimate of drug-likeness (QED) is 0.732. The molecule has 0 radical (unpaired) electrons. The molecule has 2 aromatic carbocycles. The molecule has 0 atom stereocenters. The summed E-state index contributed by atoms with van der Waals surface area (Å²) in [5.41, 5.74) is 2.01. The minimum absolute atomic E-state index is 0.556. The summed E-state index contributed by atoms with van der Waals surface area (Å²) in [5.74, 6) is 1.25. The van der Waals surface area contributed by atoms with Crippen molar-refractivity contribution < 1.29 is 9.47 Å². The summed E-state index contributed by atoms with van der Waals surface area (Å²) in [6, 6.07) is 11.4. The fourth-order valence-electron chi connectivity index (χ4n) is 1.99. The first kappa shape index (κ1) is 16.8. The number of rotatable bonds is 7.